The minimum atomic E-state index is -0.854. The first-order chi connectivity index (χ1) is 16.5. The van der Waals surface area contributed by atoms with E-state index in [9.17, 15) is 14.4 Å². The van der Waals surface area contributed by atoms with Gasteiger partial charge in [-0.2, -0.15) is 0 Å². The van der Waals surface area contributed by atoms with E-state index in [0.717, 1.165) is 29.7 Å². The molecule has 3 aromatic carbocycles. The van der Waals surface area contributed by atoms with Crippen LogP contribution in [0.1, 0.15) is 29.2 Å². The van der Waals surface area contributed by atoms with E-state index in [1.165, 1.54) is 0 Å². The second-order valence-corrected chi connectivity index (χ2v) is 8.65. The lowest BCUT2D eigenvalue weighted by Gasteiger charge is -2.32. The fraction of sp³-hybridized carbons (Fsp3) is 0.222. The van der Waals surface area contributed by atoms with Crippen LogP contribution in [0.15, 0.2) is 78.9 Å². The van der Waals surface area contributed by atoms with Crippen molar-refractivity contribution < 1.29 is 14.4 Å². The number of benzene rings is 3. The minimum Gasteiger partial charge on any atom is -0.347 e. The number of hydrogen-bond donors (Lipinski definition) is 2. The molecule has 0 bridgehead atoms. The molecule has 1 aliphatic heterocycles. The van der Waals surface area contributed by atoms with Gasteiger partial charge in [0, 0.05) is 17.3 Å². The maximum atomic E-state index is 13.6. The number of para-hydroxylation sites is 1. The lowest BCUT2D eigenvalue weighted by molar-refractivity contribution is -0.128. The topological polar surface area (TPSA) is 78.5 Å². The second-order valence-electron chi connectivity index (χ2n) is 8.21. The monoisotopic (exact) mass is 475 g/mol. The van der Waals surface area contributed by atoms with Gasteiger partial charge in [-0.1, -0.05) is 72.3 Å². The summed E-state index contributed by atoms with van der Waals surface area (Å²) in [4.78, 5) is 40.4. The highest BCUT2D eigenvalue weighted by Gasteiger charge is 2.30. The number of anilines is 1. The van der Waals surface area contributed by atoms with E-state index in [-0.39, 0.29) is 24.8 Å². The van der Waals surface area contributed by atoms with Crippen LogP contribution < -0.4 is 15.5 Å². The van der Waals surface area contributed by atoms with Gasteiger partial charge >= 0.3 is 0 Å². The number of amides is 3. The summed E-state index contributed by atoms with van der Waals surface area (Å²) < 4.78 is 0. The van der Waals surface area contributed by atoms with Gasteiger partial charge in [0.25, 0.3) is 5.91 Å². The van der Waals surface area contributed by atoms with Crippen LogP contribution in [-0.4, -0.2) is 30.8 Å². The Balaban J connectivity index is 1.43. The van der Waals surface area contributed by atoms with Crippen molar-refractivity contribution in [3.05, 3.63) is 101 Å². The van der Waals surface area contributed by atoms with Crippen molar-refractivity contribution in [2.75, 3.05) is 18.0 Å². The van der Waals surface area contributed by atoms with Crippen LogP contribution in [0.2, 0.25) is 5.02 Å². The smallest absolute Gasteiger partial charge is 0.254 e. The van der Waals surface area contributed by atoms with Gasteiger partial charge in [-0.3, -0.25) is 14.4 Å². The Morgan fingerprint density at radius 3 is 2.35 bits per heavy atom. The highest BCUT2D eigenvalue weighted by atomic mass is 35.5. The maximum absolute atomic E-state index is 13.6. The Kier molecular flexibility index (Phi) is 7.60. The van der Waals surface area contributed by atoms with Crippen LogP contribution in [0, 0.1) is 0 Å². The minimum absolute atomic E-state index is 0.135. The number of hydrogen-bond acceptors (Lipinski definition) is 3. The lowest BCUT2D eigenvalue weighted by Crippen LogP contribution is -2.47. The van der Waals surface area contributed by atoms with Crippen LogP contribution in [-0.2, 0) is 27.2 Å². The first kappa shape index (κ1) is 23.5. The third-order valence-corrected chi connectivity index (χ3v) is 6.04. The van der Waals surface area contributed by atoms with Gasteiger partial charge in [-0.25, -0.2) is 0 Å². The molecule has 0 aliphatic carbocycles. The van der Waals surface area contributed by atoms with Crippen molar-refractivity contribution in [3.63, 3.8) is 0 Å². The molecule has 0 aromatic heterocycles. The Bertz CT molecular complexity index is 1170. The van der Waals surface area contributed by atoms with Crippen LogP contribution in [0.5, 0.6) is 0 Å². The maximum Gasteiger partial charge on any atom is 0.254 e. The fourth-order valence-electron chi connectivity index (χ4n) is 4.09. The van der Waals surface area contributed by atoms with Gasteiger partial charge in [0.2, 0.25) is 11.8 Å². The van der Waals surface area contributed by atoms with Gasteiger partial charge in [-0.05, 0) is 47.7 Å². The van der Waals surface area contributed by atoms with Crippen molar-refractivity contribution in [3.8, 4) is 0 Å². The largest absolute Gasteiger partial charge is 0.347 e. The van der Waals surface area contributed by atoms with Gasteiger partial charge in [-0.15, -0.1) is 0 Å². The molecule has 7 heteroatoms. The average molecular weight is 476 g/mol. The van der Waals surface area contributed by atoms with Crippen molar-refractivity contribution in [2.24, 2.45) is 0 Å². The Morgan fingerprint density at radius 1 is 0.882 bits per heavy atom. The molecule has 0 saturated heterocycles. The number of aryl methyl sites for hydroxylation is 1. The molecule has 6 nitrogen and oxygen atoms in total. The van der Waals surface area contributed by atoms with E-state index in [1.807, 2.05) is 54.6 Å². The number of nitrogens with one attached hydrogen (secondary N) is 2. The van der Waals surface area contributed by atoms with E-state index in [4.69, 9.17) is 11.6 Å². The normalized spacial score (nSPS) is 13.5. The molecular formula is C27H26ClN3O3. The summed E-state index contributed by atoms with van der Waals surface area (Å²) in [6.07, 6.45) is 1.91. The van der Waals surface area contributed by atoms with Crippen LogP contribution in [0.3, 0.4) is 0 Å². The summed E-state index contributed by atoms with van der Waals surface area (Å²) in [6, 6.07) is 23.1. The van der Waals surface area contributed by atoms with Crippen molar-refractivity contribution in [2.45, 2.75) is 25.3 Å². The highest BCUT2D eigenvalue weighted by Crippen LogP contribution is 2.29. The number of nitrogens with zero attached hydrogens (tertiary/aromatic N) is 1. The van der Waals surface area contributed by atoms with Gasteiger partial charge in [0.15, 0.2) is 0 Å². The van der Waals surface area contributed by atoms with Crippen molar-refractivity contribution in [1.82, 2.24) is 10.6 Å². The predicted molar refractivity (Wildman–Crippen MR) is 133 cm³/mol. The van der Waals surface area contributed by atoms with E-state index >= 15 is 0 Å². The highest BCUT2D eigenvalue weighted by molar-refractivity contribution is 6.30. The molecule has 3 amide bonds. The molecule has 174 valence electrons. The summed E-state index contributed by atoms with van der Waals surface area (Å²) in [5.41, 5.74) is 3.49. The molecule has 4 rings (SSSR count). The number of halogens is 1. The quantitative estimate of drug-likeness (QED) is 0.545. The zero-order valence-corrected chi connectivity index (χ0v) is 19.4. The molecule has 0 saturated carbocycles. The first-order valence-corrected chi connectivity index (χ1v) is 11.6. The molecule has 0 spiro atoms. The third kappa shape index (κ3) is 5.83. The number of fused-ring (bicyclic) bond motifs is 1. The summed E-state index contributed by atoms with van der Waals surface area (Å²) in [5.74, 6) is -0.916. The molecule has 1 atom stereocenters. The van der Waals surface area contributed by atoms with Gasteiger partial charge in [0.1, 0.15) is 6.04 Å². The zero-order chi connectivity index (χ0) is 23.9. The van der Waals surface area contributed by atoms with E-state index in [2.05, 4.69) is 10.6 Å². The molecule has 1 heterocycles. The summed E-state index contributed by atoms with van der Waals surface area (Å²) in [7, 11) is 0. The molecular weight excluding hydrogens is 450 g/mol. The van der Waals surface area contributed by atoms with E-state index in [0.29, 0.717) is 17.1 Å². The number of carbonyl (C=O) groups excluding carboxylic acids is 3. The van der Waals surface area contributed by atoms with Crippen LogP contribution in [0.25, 0.3) is 0 Å². The first-order valence-electron chi connectivity index (χ1n) is 11.3. The number of carbonyl (C=O) groups is 3. The molecule has 0 unspecified atom stereocenters. The Labute approximate surface area is 203 Å². The summed E-state index contributed by atoms with van der Waals surface area (Å²) >= 11 is 5.88. The van der Waals surface area contributed by atoms with Crippen molar-refractivity contribution >= 4 is 35.0 Å². The summed E-state index contributed by atoms with van der Waals surface area (Å²) in [6.45, 7) is 0.368. The summed E-state index contributed by atoms with van der Waals surface area (Å²) in [5, 5.41) is 6.05. The second kappa shape index (κ2) is 11.0. The molecule has 1 aliphatic rings. The molecule has 34 heavy (non-hydrogen) atoms. The van der Waals surface area contributed by atoms with Crippen LogP contribution >= 0.6 is 11.6 Å². The average Bonchev–Trinajstić information content (AvgIpc) is 2.87. The molecule has 2 N–H and O–H groups in total. The number of rotatable bonds is 7. The Morgan fingerprint density at radius 2 is 1.59 bits per heavy atom. The van der Waals surface area contributed by atoms with Crippen molar-refractivity contribution in [1.29, 1.82) is 0 Å². The third-order valence-electron chi connectivity index (χ3n) is 5.79. The van der Waals surface area contributed by atoms with E-state index in [1.54, 1.807) is 29.2 Å². The van der Waals surface area contributed by atoms with Gasteiger partial charge < -0.3 is 15.5 Å². The Hall–Kier alpha value is -3.64. The molecule has 3 aromatic rings. The predicted octanol–water partition coefficient (Wildman–Crippen LogP) is 3.84. The van der Waals surface area contributed by atoms with Gasteiger partial charge in [0.05, 0.1) is 13.0 Å². The van der Waals surface area contributed by atoms with E-state index < -0.39 is 11.9 Å². The SMILES string of the molecule is O=C(Cc1ccc(Cl)cc1)NCC(=O)N[C@@H](C(=O)N1CCCc2ccccc21)c1ccccc1. The lowest BCUT2D eigenvalue weighted by atomic mass is 9.99. The molecule has 0 fully saturated rings. The van der Waals surface area contributed by atoms with Crippen LogP contribution in [0.4, 0.5) is 5.69 Å². The standard InChI is InChI=1S/C27H26ClN3O3/c28-22-14-12-19(13-15-22)17-24(32)29-18-25(33)30-26(21-8-2-1-3-9-21)27(34)31-16-6-10-20-7-4-5-11-23(20)31/h1-5,7-9,11-15,26H,6,10,16-18H2,(H,29,32)(H,30,33)/t26-/m1/s1. The fourth-order valence-corrected chi connectivity index (χ4v) is 4.22. The molecule has 0 radical (unpaired) electrons. The zero-order valence-electron chi connectivity index (χ0n) is 18.7.